The van der Waals surface area contributed by atoms with E-state index in [1.54, 1.807) is 0 Å². The van der Waals surface area contributed by atoms with Gasteiger partial charge in [-0.25, -0.2) is 0 Å². The quantitative estimate of drug-likeness (QED) is 0.668. The molecule has 0 atom stereocenters. The second kappa shape index (κ2) is 4.51. The summed E-state index contributed by atoms with van der Waals surface area (Å²) in [5.74, 6) is 0. The first-order chi connectivity index (χ1) is 7.85. The molecule has 0 fully saturated rings. The summed E-state index contributed by atoms with van der Waals surface area (Å²) >= 11 is 0. The second-order valence-electron chi connectivity index (χ2n) is 3.71. The standard InChI is InChI=1S/C13H11N3/c14-8-11(9-15)13-7-3-5-10-4-1-2-6-12(10)16-13/h1-2,4,6,16H,3,5,7H2. The summed E-state index contributed by atoms with van der Waals surface area (Å²) in [4.78, 5) is 0. The second-order valence-corrected chi connectivity index (χ2v) is 3.71. The summed E-state index contributed by atoms with van der Waals surface area (Å²) in [5, 5.41) is 20.9. The lowest BCUT2D eigenvalue weighted by molar-refractivity contribution is 0.832. The average molecular weight is 209 g/mol. The Balaban J connectivity index is 2.42. The zero-order chi connectivity index (χ0) is 11.4. The van der Waals surface area contributed by atoms with Crippen molar-refractivity contribution in [1.29, 1.82) is 10.5 Å². The van der Waals surface area contributed by atoms with Crippen molar-refractivity contribution in [3.63, 3.8) is 0 Å². The van der Waals surface area contributed by atoms with Gasteiger partial charge in [-0.15, -0.1) is 0 Å². The van der Waals surface area contributed by atoms with E-state index in [0.717, 1.165) is 30.6 Å². The molecule has 0 spiro atoms. The number of nitrogens with zero attached hydrogens (tertiary/aromatic N) is 2. The monoisotopic (exact) mass is 209 g/mol. The van der Waals surface area contributed by atoms with Crippen LogP contribution < -0.4 is 5.32 Å². The number of allylic oxidation sites excluding steroid dienone is 2. The van der Waals surface area contributed by atoms with Crippen molar-refractivity contribution in [3.8, 4) is 12.1 Å². The van der Waals surface area contributed by atoms with Crippen molar-refractivity contribution >= 4 is 5.69 Å². The normalized spacial score (nSPS) is 13.8. The molecule has 16 heavy (non-hydrogen) atoms. The Hall–Kier alpha value is -2.26. The lowest BCUT2D eigenvalue weighted by Crippen LogP contribution is -2.01. The predicted molar refractivity (Wildman–Crippen MR) is 61.3 cm³/mol. The van der Waals surface area contributed by atoms with E-state index < -0.39 is 0 Å². The Morgan fingerprint density at radius 1 is 1.12 bits per heavy atom. The van der Waals surface area contributed by atoms with Crippen molar-refractivity contribution in [1.82, 2.24) is 0 Å². The molecule has 78 valence electrons. The van der Waals surface area contributed by atoms with Crippen LogP contribution >= 0.6 is 0 Å². The smallest absolute Gasteiger partial charge is 0.148 e. The summed E-state index contributed by atoms with van der Waals surface area (Å²) in [7, 11) is 0. The number of aryl methyl sites for hydroxylation is 1. The maximum absolute atomic E-state index is 8.85. The molecule has 0 aliphatic carbocycles. The molecule has 1 aliphatic heterocycles. The largest absolute Gasteiger partial charge is 0.357 e. The highest BCUT2D eigenvalue weighted by molar-refractivity contribution is 5.59. The summed E-state index contributed by atoms with van der Waals surface area (Å²) < 4.78 is 0. The van der Waals surface area contributed by atoms with Crippen LogP contribution in [-0.2, 0) is 6.42 Å². The first-order valence-corrected chi connectivity index (χ1v) is 5.23. The lowest BCUT2D eigenvalue weighted by atomic mass is 10.1. The Kier molecular flexibility index (Phi) is 2.89. The molecule has 0 saturated carbocycles. The molecule has 0 aromatic heterocycles. The van der Waals surface area contributed by atoms with E-state index in [1.807, 2.05) is 30.3 Å². The summed E-state index contributed by atoms with van der Waals surface area (Å²) in [5.41, 5.74) is 3.19. The van der Waals surface area contributed by atoms with Crippen LogP contribution in [-0.4, -0.2) is 0 Å². The fraction of sp³-hybridized carbons (Fsp3) is 0.231. The van der Waals surface area contributed by atoms with Gasteiger partial charge in [-0.2, -0.15) is 10.5 Å². The average Bonchev–Trinajstić information content (AvgIpc) is 2.53. The van der Waals surface area contributed by atoms with Gasteiger partial charge in [-0.3, -0.25) is 0 Å². The van der Waals surface area contributed by atoms with Crippen LogP contribution in [0.4, 0.5) is 5.69 Å². The minimum atomic E-state index is 0.191. The van der Waals surface area contributed by atoms with Crippen LogP contribution in [0.15, 0.2) is 35.5 Å². The zero-order valence-electron chi connectivity index (χ0n) is 8.83. The number of rotatable bonds is 0. The van der Waals surface area contributed by atoms with Gasteiger partial charge < -0.3 is 5.32 Å². The van der Waals surface area contributed by atoms with Crippen molar-refractivity contribution in [2.75, 3.05) is 5.32 Å². The van der Waals surface area contributed by atoms with Crippen LogP contribution in [0.1, 0.15) is 18.4 Å². The summed E-state index contributed by atoms with van der Waals surface area (Å²) in [6, 6.07) is 11.9. The molecule has 0 amide bonds. The van der Waals surface area contributed by atoms with Crippen molar-refractivity contribution in [3.05, 3.63) is 41.1 Å². The minimum absolute atomic E-state index is 0.191. The van der Waals surface area contributed by atoms with Gasteiger partial charge in [0.2, 0.25) is 0 Å². The van der Waals surface area contributed by atoms with E-state index in [9.17, 15) is 0 Å². The Bertz CT molecular complexity index is 499. The summed E-state index contributed by atoms with van der Waals surface area (Å²) in [6.45, 7) is 0. The highest BCUT2D eigenvalue weighted by Gasteiger charge is 2.13. The van der Waals surface area contributed by atoms with E-state index in [2.05, 4.69) is 11.4 Å². The number of hydrogen-bond donors (Lipinski definition) is 1. The summed E-state index contributed by atoms with van der Waals surface area (Å²) in [6.07, 6.45) is 2.70. The molecular weight excluding hydrogens is 198 g/mol. The zero-order valence-corrected chi connectivity index (χ0v) is 8.83. The van der Waals surface area contributed by atoms with Gasteiger partial charge in [0.1, 0.15) is 17.7 Å². The number of nitriles is 2. The van der Waals surface area contributed by atoms with Gasteiger partial charge in [-0.1, -0.05) is 18.2 Å². The topological polar surface area (TPSA) is 59.6 Å². The van der Waals surface area contributed by atoms with E-state index in [1.165, 1.54) is 5.56 Å². The molecule has 3 nitrogen and oxygen atoms in total. The van der Waals surface area contributed by atoms with E-state index >= 15 is 0 Å². The third kappa shape index (κ3) is 1.89. The van der Waals surface area contributed by atoms with Gasteiger partial charge in [0.05, 0.1) is 0 Å². The van der Waals surface area contributed by atoms with Crippen LogP contribution in [0.25, 0.3) is 0 Å². The molecule has 3 heteroatoms. The minimum Gasteiger partial charge on any atom is -0.357 e. The Morgan fingerprint density at radius 2 is 1.88 bits per heavy atom. The molecule has 1 aromatic rings. The van der Waals surface area contributed by atoms with E-state index in [4.69, 9.17) is 10.5 Å². The van der Waals surface area contributed by atoms with Gasteiger partial charge in [0.15, 0.2) is 0 Å². The number of benzene rings is 1. The Labute approximate surface area is 94.6 Å². The maximum Gasteiger partial charge on any atom is 0.148 e. The van der Waals surface area contributed by atoms with E-state index in [-0.39, 0.29) is 5.57 Å². The van der Waals surface area contributed by atoms with Crippen LogP contribution in [0.5, 0.6) is 0 Å². The number of fused-ring (bicyclic) bond motifs is 1. The van der Waals surface area contributed by atoms with Crippen LogP contribution in [0, 0.1) is 22.7 Å². The van der Waals surface area contributed by atoms with Crippen LogP contribution in [0.3, 0.4) is 0 Å². The first-order valence-electron chi connectivity index (χ1n) is 5.23. The van der Waals surface area contributed by atoms with Crippen molar-refractivity contribution in [2.24, 2.45) is 0 Å². The highest BCUT2D eigenvalue weighted by atomic mass is 14.9. The molecule has 0 unspecified atom stereocenters. The number of nitrogens with one attached hydrogen (secondary N) is 1. The molecule has 0 bridgehead atoms. The number of hydrogen-bond acceptors (Lipinski definition) is 3. The van der Waals surface area contributed by atoms with Crippen LogP contribution in [0.2, 0.25) is 0 Å². The third-order valence-electron chi connectivity index (χ3n) is 2.70. The third-order valence-corrected chi connectivity index (χ3v) is 2.70. The molecule has 1 N–H and O–H groups in total. The number of para-hydroxylation sites is 1. The van der Waals surface area contributed by atoms with Gasteiger partial charge in [0.25, 0.3) is 0 Å². The molecule has 2 rings (SSSR count). The highest BCUT2D eigenvalue weighted by Crippen LogP contribution is 2.26. The van der Waals surface area contributed by atoms with Gasteiger partial charge >= 0.3 is 0 Å². The molecule has 0 saturated heterocycles. The predicted octanol–water partition coefficient (Wildman–Crippen LogP) is 2.74. The number of anilines is 1. The Morgan fingerprint density at radius 3 is 2.62 bits per heavy atom. The molecule has 1 aliphatic rings. The van der Waals surface area contributed by atoms with Crippen molar-refractivity contribution in [2.45, 2.75) is 19.3 Å². The molecule has 1 heterocycles. The van der Waals surface area contributed by atoms with Gasteiger partial charge in [0, 0.05) is 11.4 Å². The van der Waals surface area contributed by atoms with Crippen molar-refractivity contribution < 1.29 is 0 Å². The van der Waals surface area contributed by atoms with Gasteiger partial charge in [-0.05, 0) is 30.9 Å². The fourth-order valence-electron chi connectivity index (χ4n) is 1.89. The lowest BCUT2D eigenvalue weighted by Gasteiger charge is -2.08. The SMILES string of the molecule is N#CC(C#N)=C1CCCc2ccccc2N1. The molecule has 0 radical (unpaired) electrons. The van der Waals surface area contributed by atoms with E-state index in [0.29, 0.717) is 0 Å². The first kappa shape index (κ1) is 10.3. The molecule has 1 aromatic carbocycles. The molecular formula is C13H11N3. The maximum atomic E-state index is 8.85. The fourth-order valence-corrected chi connectivity index (χ4v) is 1.89.